The van der Waals surface area contributed by atoms with E-state index in [0.717, 1.165) is 6.42 Å². The minimum atomic E-state index is -0.595. The van der Waals surface area contributed by atoms with Crippen LogP contribution in [0.15, 0.2) is 30.6 Å². The number of amides is 1. The summed E-state index contributed by atoms with van der Waals surface area (Å²) in [5.41, 5.74) is 0.984. The third-order valence-corrected chi connectivity index (χ3v) is 3.73. The first-order valence-electron chi connectivity index (χ1n) is 6.91. The number of benzene rings is 1. The minimum absolute atomic E-state index is 0.0147. The fraction of sp³-hybridized carbons (Fsp3) is 0.250. The number of hydrogen-bond acceptors (Lipinski definition) is 4. The SMILES string of the molecule is C[C@@H]1C[C@H]1C(=O)Nc1cnc(-c2ccc(C#N)c(F)c2)cn1. The maximum atomic E-state index is 13.6. The van der Waals surface area contributed by atoms with Crippen LogP contribution in [0.4, 0.5) is 10.2 Å². The van der Waals surface area contributed by atoms with Gasteiger partial charge in [0, 0.05) is 11.5 Å². The zero-order valence-corrected chi connectivity index (χ0v) is 11.9. The number of aromatic nitrogens is 2. The van der Waals surface area contributed by atoms with Gasteiger partial charge in [-0.2, -0.15) is 5.26 Å². The molecular weight excluding hydrogens is 283 g/mol. The Morgan fingerprint density at radius 1 is 1.41 bits per heavy atom. The molecule has 0 unspecified atom stereocenters. The summed E-state index contributed by atoms with van der Waals surface area (Å²) in [6.07, 6.45) is 3.81. The molecule has 1 aromatic heterocycles. The molecule has 3 rings (SSSR count). The van der Waals surface area contributed by atoms with Gasteiger partial charge in [-0.1, -0.05) is 13.0 Å². The molecule has 110 valence electrons. The number of halogens is 1. The number of nitrogens with zero attached hydrogens (tertiary/aromatic N) is 3. The van der Waals surface area contributed by atoms with E-state index in [4.69, 9.17) is 5.26 Å². The lowest BCUT2D eigenvalue weighted by molar-refractivity contribution is -0.117. The van der Waals surface area contributed by atoms with Crippen molar-refractivity contribution in [2.45, 2.75) is 13.3 Å². The molecule has 1 aromatic carbocycles. The van der Waals surface area contributed by atoms with Crippen LogP contribution in [0.3, 0.4) is 0 Å². The number of hydrogen-bond donors (Lipinski definition) is 1. The van der Waals surface area contributed by atoms with E-state index in [1.54, 1.807) is 12.1 Å². The lowest BCUT2D eigenvalue weighted by atomic mass is 10.1. The molecule has 1 amide bonds. The zero-order chi connectivity index (χ0) is 15.7. The van der Waals surface area contributed by atoms with E-state index in [1.165, 1.54) is 24.5 Å². The maximum absolute atomic E-state index is 13.6. The summed E-state index contributed by atoms with van der Waals surface area (Å²) < 4.78 is 13.6. The topological polar surface area (TPSA) is 78.7 Å². The predicted molar refractivity (Wildman–Crippen MR) is 78.0 cm³/mol. The fourth-order valence-corrected chi connectivity index (χ4v) is 2.21. The molecule has 0 aliphatic heterocycles. The Morgan fingerprint density at radius 2 is 2.18 bits per heavy atom. The highest BCUT2D eigenvalue weighted by molar-refractivity contribution is 5.93. The second-order valence-electron chi connectivity index (χ2n) is 5.40. The van der Waals surface area contributed by atoms with Crippen molar-refractivity contribution < 1.29 is 9.18 Å². The fourth-order valence-electron chi connectivity index (χ4n) is 2.21. The Hall–Kier alpha value is -2.81. The number of carbonyl (C=O) groups excluding carboxylic acids is 1. The molecule has 22 heavy (non-hydrogen) atoms. The Labute approximate surface area is 126 Å². The third kappa shape index (κ3) is 2.79. The summed E-state index contributed by atoms with van der Waals surface area (Å²) in [7, 11) is 0. The van der Waals surface area contributed by atoms with Gasteiger partial charge in [0.05, 0.1) is 23.7 Å². The van der Waals surface area contributed by atoms with Crippen molar-refractivity contribution in [2.75, 3.05) is 5.32 Å². The van der Waals surface area contributed by atoms with Crippen LogP contribution in [-0.2, 0) is 4.79 Å². The first kappa shape index (κ1) is 14.1. The summed E-state index contributed by atoms with van der Waals surface area (Å²) >= 11 is 0. The number of rotatable bonds is 3. The van der Waals surface area contributed by atoms with Crippen molar-refractivity contribution in [2.24, 2.45) is 11.8 Å². The maximum Gasteiger partial charge on any atom is 0.228 e. The van der Waals surface area contributed by atoms with E-state index in [2.05, 4.69) is 15.3 Å². The molecular formula is C16H13FN4O. The van der Waals surface area contributed by atoms with E-state index in [0.29, 0.717) is 23.0 Å². The van der Waals surface area contributed by atoms with Crippen molar-refractivity contribution in [1.82, 2.24) is 9.97 Å². The molecule has 1 heterocycles. The van der Waals surface area contributed by atoms with Crippen molar-refractivity contribution in [1.29, 1.82) is 5.26 Å². The number of anilines is 1. The van der Waals surface area contributed by atoms with Gasteiger partial charge in [0.2, 0.25) is 5.91 Å². The van der Waals surface area contributed by atoms with E-state index in [-0.39, 0.29) is 17.4 Å². The van der Waals surface area contributed by atoms with Gasteiger partial charge in [0.1, 0.15) is 11.9 Å². The normalized spacial score (nSPS) is 19.3. The molecule has 0 radical (unpaired) electrons. The van der Waals surface area contributed by atoms with Gasteiger partial charge in [-0.15, -0.1) is 0 Å². The number of nitriles is 1. The average Bonchev–Trinajstić information content (AvgIpc) is 3.25. The largest absolute Gasteiger partial charge is 0.309 e. The minimum Gasteiger partial charge on any atom is -0.309 e. The summed E-state index contributed by atoms with van der Waals surface area (Å²) in [5.74, 6) is 0.228. The second-order valence-corrected chi connectivity index (χ2v) is 5.40. The Balaban J connectivity index is 1.75. The lowest BCUT2D eigenvalue weighted by Crippen LogP contribution is -2.15. The van der Waals surface area contributed by atoms with Gasteiger partial charge >= 0.3 is 0 Å². The van der Waals surface area contributed by atoms with E-state index >= 15 is 0 Å². The van der Waals surface area contributed by atoms with Crippen LogP contribution in [-0.4, -0.2) is 15.9 Å². The van der Waals surface area contributed by atoms with E-state index in [9.17, 15) is 9.18 Å². The molecule has 2 aromatic rings. The monoisotopic (exact) mass is 296 g/mol. The highest BCUT2D eigenvalue weighted by atomic mass is 19.1. The van der Waals surface area contributed by atoms with Gasteiger partial charge in [-0.05, 0) is 24.5 Å². The molecule has 0 saturated heterocycles. The zero-order valence-electron chi connectivity index (χ0n) is 11.9. The van der Waals surface area contributed by atoms with E-state index < -0.39 is 5.82 Å². The molecule has 6 heteroatoms. The standard InChI is InChI=1S/C16H13FN4O/c1-9-4-12(9)16(22)21-15-8-19-14(7-20-15)10-2-3-11(6-18)13(17)5-10/h2-3,5,7-9,12H,4H2,1H3,(H,20,21,22)/t9-,12-/m1/s1. The van der Waals surface area contributed by atoms with Crippen molar-refractivity contribution in [3.63, 3.8) is 0 Å². The van der Waals surface area contributed by atoms with Crippen molar-refractivity contribution in [3.8, 4) is 17.3 Å². The van der Waals surface area contributed by atoms with Crippen molar-refractivity contribution in [3.05, 3.63) is 42.0 Å². The second kappa shape index (κ2) is 5.53. The number of nitrogens with one attached hydrogen (secondary N) is 1. The number of carbonyl (C=O) groups is 1. The Kier molecular flexibility index (Phi) is 3.55. The van der Waals surface area contributed by atoms with Crippen LogP contribution in [0.5, 0.6) is 0 Å². The molecule has 2 atom stereocenters. The van der Waals surface area contributed by atoms with Gasteiger partial charge < -0.3 is 5.32 Å². The molecule has 1 aliphatic carbocycles. The first-order valence-corrected chi connectivity index (χ1v) is 6.91. The average molecular weight is 296 g/mol. The van der Waals surface area contributed by atoms with Crippen LogP contribution in [0.1, 0.15) is 18.9 Å². The van der Waals surface area contributed by atoms with Crippen LogP contribution in [0.25, 0.3) is 11.3 Å². The highest BCUT2D eigenvalue weighted by Crippen LogP contribution is 2.38. The highest BCUT2D eigenvalue weighted by Gasteiger charge is 2.39. The molecule has 0 bridgehead atoms. The third-order valence-electron chi connectivity index (χ3n) is 3.73. The Morgan fingerprint density at radius 3 is 2.73 bits per heavy atom. The van der Waals surface area contributed by atoms with Crippen LogP contribution in [0, 0.1) is 29.0 Å². The summed E-state index contributed by atoms with van der Waals surface area (Å²) in [4.78, 5) is 20.1. The van der Waals surface area contributed by atoms with Crippen LogP contribution >= 0.6 is 0 Å². The quantitative estimate of drug-likeness (QED) is 0.944. The molecule has 1 saturated carbocycles. The van der Waals surface area contributed by atoms with Gasteiger partial charge in [-0.25, -0.2) is 9.37 Å². The van der Waals surface area contributed by atoms with Gasteiger partial charge in [-0.3, -0.25) is 9.78 Å². The van der Waals surface area contributed by atoms with Gasteiger partial charge in [0.25, 0.3) is 0 Å². The first-order chi connectivity index (χ1) is 10.6. The molecule has 1 aliphatic rings. The van der Waals surface area contributed by atoms with E-state index in [1.807, 2.05) is 6.92 Å². The molecule has 0 spiro atoms. The van der Waals surface area contributed by atoms with Crippen molar-refractivity contribution >= 4 is 11.7 Å². The van der Waals surface area contributed by atoms with Crippen LogP contribution in [0.2, 0.25) is 0 Å². The predicted octanol–water partition coefficient (Wildman–Crippen LogP) is 2.75. The lowest BCUT2D eigenvalue weighted by Gasteiger charge is -2.05. The Bertz CT molecular complexity index is 767. The molecule has 5 nitrogen and oxygen atoms in total. The van der Waals surface area contributed by atoms with Gasteiger partial charge in [0.15, 0.2) is 5.82 Å². The summed E-state index contributed by atoms with van der Waals surface area (Å²) in [5, 5.41) is 11.4. The summed E-state index contributed by atoms with van der Waals surface area (Å²) in [6, 6.07) is 6.02. The molecule has 1 N–H and O–H groups in total. The smallest absolute Gasteiger partial charge is 0.228 e. The summed E-state index contributed by atoms with van der Waals surface area (Å²) in [6.45, 7) is 2.03. The molecule has 1 fully saturated rings. The van der Waals surface area contributed by atoms with Crippen LogP contribution < -0.4 is 5.32 Å².